The van der Waals surface area contributed by atoms with E-state index in [1.54, 1.807) is 10.9 Å². The van der Waals surface area contributed by atoms with Crippen LogP contribution < -0.4 is 10.6 Å². The first kappa shape index (κ1) is 17.5. The number of amides is 2. The van der Waals surface area contributed by atoms with E-state index >= 15 is 0 Å². The van der Waals surface area contributed by atoms with E-state index in [0.29, 0.717) is 11.4 Å². The van der Waals surface area contributed by atoms with Crippen molar-refractivity contribution in [2.45, 2.75) is 0 Å². The van der Waals surface area contributed by atoms with Crippen molar-refractivity contribution in [2.75, 3.05) is 13.1 Å². The molecule has 0 aliphatic rings. The Morgan fingerprint density at radius 2 is 1.64 bits per heavy atom. The van der Waals surface area contributed by atoms with Crippen LogP contribution in [0.3, 0.4) is 0 Å². The average Bonchev–Trinajstić information content (AvgIpc) is 3.39. The Balaban J connectivity index is 1.33. The molecule has 2 aromatic carbocycles. The topological polar surface area (TPSA) is 105 Å². The fourth-order valence-corrected chi connectivity index (χ4v) is 2.92. The lowest BCUT2D eigenvalue weighted by atomic mass is 10.2. The largest absolute Gasteiger partial charge is 0.349 e. The number of carbonyl (C=O) groups is 2. The maximum Gasteiger partial charge on any atom is 0.272 e. The van der Waals surface area contributed by atoms with E-state index in [1.807, 2.05) is 54.6 Å². The molecule has 2 aromatic heterocycles. The summed E-state index contributed by atoms with van der Waals surface area (Å²) in [5.74, 6) is -0.554. The van der Waals surface area contributed by atoms with Gasteiger partial charge >= 0.3 is 0 Å². The maximum atomic E-state index is 12.4. The molecule has 8 heteroatoms. The lowest BCUT2D eigenvalue weighted by Crippen LogP contribution is -2.35. The van der Waals surface area contributed by atoms with Crippen LogP contribution in [-0.2, 0) is 0 Å². The summed E-state index contributed by atoms with van der Waals surface area (Å²) in [6.45, 7) is 0.568. The van der Waals surface area contributed by atoms with Crippen molar-refractivity contribution in [3.63, 3.8) is 0 Å². The van der Waals surface area contributed by atoms with E-state index in [1.165, 1.54) is 6.20 Å². The van der Waals surface area contributed by atoms with Gasteiger partial charge in [0.15, 0.2) is 5.69 Å². The molecule has 0 aliphatic carbocycles. The highest BCUT2D eigenvalue weighted by Crippen LogP contribution is 2.14. The Morgan fingerprint density at radius 3 is 2.46 bits per heavy atom. The van der Waals surface area contributed by atoms with E-state index in [-0.39, 0.29) is 24.9 Å². The predicted molar refractivity (Wildman–Crippen MR) is 104 cm³/mol. The minimum absolute atomic E-state index is 0.263. The molecule has 0 spiro atoms. The molecule has 0 bridgehead atoms. The molecule has 2 amide bonds. The zero-order valence-corrected chi connectivity index (χ0v) is 14.9. The first-order valence-corrected chi connectivity index (χ1v) is 8.81. The summed E-state index contributed by atoms with van der Waals surface area (Å²) >= 11 is 0. The van der Waals surface area contributed by atoms with E-state index in [0.717, 1.165) is 16.6 Å². The summed E-state index contributed by atoms with van der Waals surface area (Å²) in [5.41, 5.74) is 2.42. The van der Waals surface area contributed by atoms with Crippen LogP contribution in [0.15, 0.2) is 67.1 Å². The van der Waals surface area contributed by atoms with Gasteiger partial charge in [0.1, 0.15) is 5.69 Å². The summed E-state index contributed by atoms with van der Waals surface area (Å²) in [6.07, 6.45) is 3.10. The number of benzene rings is 2. The van der Waals surface area contributed by atoms with Crippen LogP contribution in [0.2, 0.25) is 0 Å². The number of H-pyrrole nitrogens is 1. The number of para-hydroxylation sites is 2. The van der Waals surface area contributed by atoms with Gasteiger partial charge in [-0.05, 0) is 18.2 Å². The lowest BCUT2D eigenvalue weighted by molar-refractivity contribution is 0.0922. The number of imidazole rings is 1. The Bertz CT molecular complexity index is 1120. The van der Waals surface area contributed by atoms with Crippen molar-refractivity contribution in [1.29, 1.82) is 0 Å². The molecule has 2 heterocycles. The number of nitrogens with zero attached hydrogens (tertiary/aromatic N) is 3. The Hall–Kier alpha value is -3.94. The van der Waals surface area contributed by atoms with Crippen molar-refractivity contribution in [3.8, 4) is 5.69 Å². The molecule has 140 valence electrons. The van der Waals surface area contributed by atoms with E-state index in [9.17, 15) is 9.59 Å². The summed E-state index contributed by atoms with van der Waals surface area (Å²) in [5, 5.41) is 13.2. The molecular formula is C20H18N6O2. The maximum absolute atomic E-state index is 12.4. The summed E-state index contributed by atoms with van der Waals surface area (Å²) in [7, 11) is 0. The second-order valence-corrected chi connectivity index (χ2v) is 6.11. The summed E-state index contributed by atoms with van der Waals surface area (Å²) in [4.78, 5) is 28.8. The van der Waals surface area contributed by atoms with E-state index in [2.05, 4.69) is 25.8 Å². The zero-order chi connectivity index (χ0) is 19.3. The SMILES string of the molecule is O=C(NCCNC(=O)c1cncn1-c1ccccc1)c1n[nH]c2ccccc12. The third-order valence-corrected chi connectivity index (χ3v) is 4.29. The van der Waals surface area contributed by atoms with Gasteiger partial charge in [-0.25, -0.2) is 4.98 Å². The van der Waals surface area contributed by atoms with Crippen molar-refractivity contribution in [1.82, 2.24) is 30.4 Å². The van der Waals surface area contributed by atoms with Gasteiger partial charge in [-0.1, -0.05) is 36.4 Å². The molecule has 4 rings (SSSR count). The third-order valence-electron chi connectivity index (χ3n) is 4.29. The number of fused-ring (bicyclic) bond motifs is 1. The number of nitrogens with one attached hydrogen (secondary N) is 3. The van der Waals surface area contributed by atoms with Gasteiger partial charge in [0.25, 0.3) is 11.8 Å². The third kappa shape index (κ3) is 3.48. The smallest absolute Gasteiger partial charge is 0.272 e. The molecule has 0 aliphatic heterocycles. The molecule has 0 unspecified atom stereocenters. The van der Waals surface area contributed by atoms with Gasteiger partial charge in [0, 0.05) is 24.2 Å². The molecule has 4 aromatic rings. The number of hydrogen-bond acceptors (Lipinski definition) is 4. The minimum Gasteiger partial charge on any atom is -0.349 e. The van der Waals surface area contributed by atoms with Crippen LogP contribution in [0.4, 0.5) is 0 Å². The molecule has 3 N–H and O–H groups in total. The highest BCUT2D eigenvalue weighted by atomic mass is 16.2. The molecule has 8 nitrogen and oxygen atoms in total. The van der Waals surface area contributed by atoms with Gasteiger partial charge in [0.2, 0.25) is 0 Å². The molecule has 0 saturated heterocycles. The molecule has 0 atom stereocenters. The highest BCUT2D eigenvalue weighted by molar-refractivity contribution is 6.04. The van der Waals surface area contributed by atoms with Crippen molar-refractivity contribution in [3.05, 3.63) is 78.5 Å². The van der Waals surface area contributed by atoms with Crippen LogP contribution in [0, 0.1) is 0 Å². The van der Waals surface area contributed by atoms with Crippen LogP contribution in [-0.4, -0.2) is 44.7 Å². The van der Waals surface area contributed by atoms with Gasteiger partial charge < -0.3 is 10.6 Å². The second kappa shape index (κ2) is 7.75. The molecule has 0 radical (unpaired) electrons. The highest BCUT2D eigenvalue weighted by Gasteiger charge is 2.14. The number of carbonyl (C=O) groups excluding carboxylic acids is 2. The van der Waals surface area contributed by atoms with Gasteiger partial charge in [-0.3, -0.25) is 19.3 Å². The molecular weight excluding hydrogens is 356 g/mol. The fourth-order valence-electron chi connectivity index (χ4n) is 2.92. The standard InChI is InChI=1S/C20H18N6O2/c27-19(17-12-21-13-26(17)14-6-2-1-3-7-14)22-10-11-23-20(28)18-15-8-4-5-9-16(15)24-25-18/h1-9,12-13H,10-11H2,(H,22,27)(H,23,28)(H,24,25). The van der Waals surface area contributed by atoms with Crippen molar-refractivity contribution < 1.29 is 9.59 Å². The molecule has 0 fully saturated rings. The zero-order valence-electron chi connectivity index (χ0n) is 14.9. The van der Waals surface area contributed by atoms with Gasteiger partial charge in [-0.2, -0.15) is 5.10 Å². The fraction of sp³-hybridized carbons (Fsp3) is 0.100. The summed E-state index contributed by atoms with van der Waals surface area (Å²) in [6, 6.07) is 16.9. The van der Waals surface area contributed by atoms with E-state index in [4.69, 9.17) is 0 Å². The first-order valence-electron chi connectivity index (χ1n) is 8.81. The van der Waals surface area contributed by atoms with Gasteiger partial charge in [-0.15, -0.1) is 0 Å². The predicted octanol–water partition coefficient (Wildman–Crippen LogP) is 1.91. The lowest BCUT2D eigenvalue weighted by Gasteiger charge is -2.09. The number of aromatic amines is 1. The number of hydrogen-bond donors (Lipinski definition) is 3. The molecule has 0 saturated carbocycles. The number of aromatic nitrogens is 4. The first-order chi connectivity index (χ1) is 13.7. The second-order valence-electron chi connectivity index (χ2n) is 6.11. The normalized spacial score (nSPS) is 10.7. The average molecular weight is 374 g/mol. The van der Waals surface area contributed by atoms with Crippen LogP contribution in [0.25, 0.3) is 16.6 Å². The van der Waals surface area contributed by atoms with Crippen LogP contribution in [0.1, 0.15) is 21.0 Å². The minimum atomic E-state index is -0.291. The Labute approximate surface area is 160 Å². The Morgan fingerprint density at radius 1 is 0.929 bits per heavy atom. The van der Waals surface area contributed by atoms with Crippen LogP contribution in [0.5, 0.6) is 0 Å². The quantitative estimate of drug-likeness (QED) is 0.448. The van der Waals surface area contributed by atoms with Crippen molar-refractivity contribution in [2.24, 2.45) is 0 Å². The summed E-state index contributed by atoms with van der Waals surface area (Å²) < 4.78 is 1.71. The van der Waals surface area contributed by atoms with E-state index < -0.39 is 0 Å². The molecule has 28 heavy (non-hydrogen) atoms. The van der Waals surface area contributed by atoms with Crippen LogP contribution >= 0.6 is 0 Å². The monoisotopic (exact) mass is 374 g/mol. The Kier molecular flexibility index (Phi) is 4.83. The van der Waals surface area contributed by atoms with Gasteiger partial charge in [0.05, 0.1) is 18.0 Å². The number of rotatable bonds is 6. The van der Waals surface area contributed by atoms with Crippen molar-refractivity contribution >= 4 is 22.7 Å².